The van der Waals surface area contributed by atoms with E-state index in [1.165, 1.54) is 4.90 Å². The van der Waals surface area contributed by atoms with Crippen molar-refractivity contribution in [2.75, 3.05) is 13.6 Å². The van der Waals surface area contributed by atoms with Crippen LogP contribution in [0.15, 0.2) is 42.5 Å². The van der Waals surface area contributed by atoms with Crippen molar-refractivity contribution in [1.29, 1.82) is 0 Å². The predicted octanol–water partition coefficient (Wildman–Crippen LogP) is 3.05. The molecule has 1 fully saturated rings. The van der Waals surface area contributed by atoms with E-state index in [-0.39, 0.29) is 50.9 Å². The normalized spacial score (nSPS) is 17.1. The summed E-state index contributed by atoms with van der Waals surface area (Å²) in [5, 5.41) is 0.608. The summed E-state index contributed by atoms with van der Waals surface area (Å²) in [4.78, 5) is 25.7. The third kappa shape index (κ3) is 3.82. The van der Waals surface area contributed by atoms with Gasteiger partial charge in [-0.05, 0) is 24.3 Å². The molecule has 0 aromatic heterocycles. The molecule has 1 heterocycles. The zero-order chi connectivity index (χ0) is 15.7. The van der Waals surface area contributed by atoms with E-state index in [0.29, 0.717) is 22.1 Å². The van der Waals surface area contributed by atoms with Gasteiger partial charge in [0.1, 0.15) is 5.75 Å². The van der Waals surface area contributed by atoms with Crippen LogP contribution < -0.4 is 4.74 Å². The Morgan fingerprint density at radius 2 is 1.91 bits per heavy atom. The van der Waals surface area contributed by atoms with Gasteiger partial charge in [-0.15, -0.1) is 6.07 Å². The fourth-order valence-corrected chi connectivity index (χ4v) is 2.57. The number of carbonyl (C=O) groups excluding carboxylic acids is 2. The minimum atomic E-state index is -0.815. The van der Waals surface area contributed by atoms with Gasteiger partial charge >= 0.3 is 0 Å². The van der Waals surface area contributed by atoms with Crippen molar-refractivity contribution in [2.45, 2.75) is 5.92 Å². The summed E-state index contributed by atoms with van der Waals surface area (Å²) < 4.78 is 5.81. The van der Waals surface area contributed by atoms with Gasteiger partial charge in [0.2, 0.25) is 5.91 Å². The van der Waals surface area contributed by atoms with Crippen molar-refractivity contribution in [1.82, 2.24) is 4.90 Å². The molecule has 0 aliphatic carbocycles. The summed E-state index contributed by atoms with van der Waals surface area (Å²) in [6.07, 6.45) is 0. The van der Waals surface area contributed by atoms with Crippen molar-refractivity contribution in [3.8, 4) is 11.5 Å². The fraction of sp³-hybridized carbons (Fsp3) is 0.176. The van der Waals surface area contributed by atoms with E-state index in [1.54, 1.807) is 49.5 Å². The topological polar surface area (TPSA) is 46.6 Å². The Bertz CT molecular complexity index is 733. The number of hydrogen-bond acceptors (Lipinski definition) is 3. The number of ether oxygens (including phenoxy) is 1. The second-order valence-electron chi connectivity index (χ2n) is 5.11. The molecule has 1 radical (unpaired) electrons. The standard InChI is InChI=1S/C17H13ClNO3.Y/c1-19-10-14(20)16(17(19)21)13-4-2-3-5-15(13)22-12-8-6-11(18)7-9-12;/h3-9,16H,10H2,1H3;/q-1;. The van der Waals surface area contributed by atoms with E-state index in [4.69, 9.17) is 16.3 Å². The first-order valence-corrected chi connectivity index (χ1v) is 7.15. The number of carbonyl (C=O) groups is 2. The second-order valence-corrected chi connectivity index (χ2v) is 5.55. The first kappa shape index (κ1) is 18.1. The summed E-state index contributed by atoms with van der Waals surface area (Å²) in [6, 6.07) is 14.8. The van der Waals surface area contributed by atoms with Gasteiger partial charge in [0.05, 0.1) is 12.5 Å². The molecule has 0 bridgehead atoms. The van der Waals surface area contributed by atoms with Crippen LogP contribution >= 0.6 is 11.6 Å². The number of likely N-dealkylation sites (N-methyl/N-ethyl adjacent to an activating group) is 1. The van der Waals surface area contributed by atoms with Crippen LogP contribution in [0, 0.1) is 6.07 Å². The van der Waals surface area contributed by atoms with E-state index in [2.05, 4.69) is 6.07 Å². The summed E-state index contributed by atoms with van der Waals surface area (Å²) >= 11 is 5.85. The summed E-state index contributed by atoms with van der Waals surface area (Å²) in [7, 11) is 1.62. The van der Waals surface area contributed by atoms with Crippen molar-refractivity contribution >= 4 is 23.3 Å². The van der Waals surface area contributed by atoms with Crippen LogP contribution in [0.5, 0.6) is 11.5 Å². The molecule has 6 heteroatoms. The molecular weight excluding hydrogens is 391 g/mol. The molecule has 4 nitrogen and oxygen atoms in total. The quantitative estimate of drug-likeness (QED) is 0.584. The Balaban J connectivity index is 0.00000192. The largest absolute Gasteiger partial charge is 0.483 e. The first-order valence-electron chi connectivity index (χ1n) is 6.77. The third-order valence-electron chi connectivity index (χ3n) is 3.54. The number of halogens is 1. The Kier molecular flexibility index (Phi) is 5.96. The number of Topliss-reactive ketones (excluding diaryl/α,β-unsaturated/α-hetero) is 1. The zero-order valence-corrected chi connectivity index (χ0v) is 16.0. The van der Waals surface area contributed by atoms with Crippen LogP contribution in [0.4, 0.5) is 0 Å². The van der Waals surface area contributed by atoms with Crippen molar-refractivity contribution in [3.63, 3.8) is 0 Å². The predicted molar refractivity (Wildman–Crippen MR) is 82.2 cm³/mol. The van der Waals surface area contributed by atoms with E-state index in [1.807, 2.05) is 0 Å². The van der Waals surface area contributed by atoms with Gasteiger partial charge in [0.15, 0.2) is 5.78 Å². The van der Waals surface area contributed by atoms with Gasteiger partial charge < -0.3 is 9.64 Å². The molecule has 1 atom stereocenters. The van der Waals surface area contributed by atoms with E-state index in [9.17, 15) is 9.59 Å². The van der Waals surface area contributed by atoms with Crippen LogP contribution in [0.2, 0.25) is 5.02 Å². The van der Waals surface area contributed by atoms with E-state index < -0.39 is 5.92 Å². The average Bonchev–Trinajstić information content (AvgIpc) is 2.75. The molecule has 1 saturated heterocycles. The molecule has 23 heavy (non-hydrogen) atoms. The number of nitrogens with zero attached hydrogens (tertiary/aromatic N) is 1. The van der Waals surface area contributed by atoms with Crippen molar-refractivity contribution < 1.29 is 47.0 Å². The molecule has 0 saturated carbocycles. The SMILES string of the molecule is CN1CC(=O)C(c2c[c-]ccc2Oc2ccc(Cl)cc2)C1=O.[Y]. The molecular formula is C17H13ClNO3Y-. The van der Waals surface area contributed by atoms with Gasteiger partial charge in [0, 0.05) is 50.5 Å². The number of ketones is 1. The maximum atomic E-state index is 12.2. The average molecular weight is 404 g/mol. The smallest absolute Gasteiger partial charge is 0.226 e. The molecule has 2 aromatic rings. The monoisotopic (exact) mass is 403 g/mol. The number of rotatable bonds is 3. The summed E-state index contributed by atoms with van der Waals surface area (Å²) in [6.45, 7) is 0.124. The zero-order valence-electron chi connectivity index (χ0n) is 12.5. The summed E-state index contributed by atoms with van der Waals surface area (Å²) in [5.74, 6) is -0.102. The van der Waals surface area contributed by atoms with Crippen LogP contribution in [-0.4, -0.2) is 30.2 Å². The fourth-order valence-electron chi connectivity index (χ4n) is 2.44. The molecule has 115 valence electrons. The molecule has 1 amide bonds. The molecule has 1 aliphatic rings. The Morgan fingerprint density at radius 1 is 1.22 bits per heavy atom. The minimum absolute atomic E-state index is 0. The molecule has 1 unspecified atom stereocenters. The van der Waals surface area contributed by atoms with Gasteiger partial charge in [-0.25, -0.2) is 0 Å². The van der Waals surface area contributed by atoms with Crippen LogP contribution in [0.25, 0.3) is 0 Å². The molecule has 3 rings (SSSR count). The minimum Gasteiger partial charge on any atom is -0.483 e. The number of hydrogen-bond donors (Lipinski definition) is 0. The van der Waals surface area contributed by atoms with E-state index in [0.717, 1.165) is 0 Å². The van der Waals surface area contributed by atoms with Gasteiger partial charge in [0.25, 0.3) is 0 Å². The van der Waals surface area contributed by atoms with Crippen LogP contribution in [-0.2, 0) is 42.3 Å². The molecule has 0 N–H and O–H groups in total. The van der Waals surface area contributed by atoms with E-state index >= 15 is 0 Å². The first-order chi connectivity index (χ1) is 10.6. The number of benzene rings is 2. The molecule has 0 spiro atoms. The van der Waals surface area contributed by atoms with Gasteiger partial charge in [-0.3, -0.25) is 9.59 Å². The Labute approximate surface area is 164 Å². The van der Waals surface area contributed by atoms with Crippen molar-refractivity contribution in [3.05, 3.63) is 59.1 Å². The summed E-state index contributed by atoms with van der Waals surface area (Å²) in [5.41, 5.74) is 0.539. The maximum absolute atomic E-state index is 12.2. The Morgan fingerprint density at radius 3 is 2.52 bits per heavy atom. The third-order valence-corrected chi connectivity index (χ3v) is 3.80. The number of likely N-dealkylation sites (tertiary alicyclic amines) is 1. The van der Waals surface area contributed by atoms with Crippen LogP contribution in [0.3, 0.4) is 0 Å². The van der Waals surface area contributed by atoms with Crippen LogP contribution in [0.1, 0.15) is 11.5 Å². The molecule has 1 aliphatic heterocycles. The number of amides is 1. The second kappa shape index (κ2) is 7.56. The van der Waals surface area contributed by atoms with Gasteiger partial charge in [-0.1, -0.05) is 17.2 Å². The molecule has 2 aromatic carbocycles. The van der Waals surface area contributed by atoms with Crippen molar-refractivity contribution in [2.24, 2.45) is 0 Å². The van der Waals surface area contributed by atoms with Gasteiger partial charge in [-0.2, -0.15) is 18.2 Å². The Hall–Kier alpha value is -1.23. The maximum Gasteiger partial charge on any atom is 0.226 e.